The van der Waals surface area contributed by atoms with Crippen molar-refractivity contribution in [1.29, 1.82) is 0 Å². The summed E-state index contributed by atoms with van der Waals surface area (Å²) in [6, 6.07) is 14.2. The zero-order valence-corrected chi connectivity index (χ0v) is 17.0. The number of fused-ring (bicyclic) bond motifs is 1. The van der Waals surface area contributed by atoms with E-state index in [0.29, 0.717) is 17.3 Å². The van der Waals surface area contributed by atoms with Gasteiger partial charge < -0.3 is 16.4 Å². The Bertz CT molecular complexity index is 1180. The van der Waals surface area contributed by atoms with Gasteiger partial charge in [0.25, 0.3) is 0 Å². The summed E-state index contributed by atoms with van der Waals surface area (Å²) < 4.78 is 16.5. The molecule has 0 spiro atoms. The Morgan fingerprint density at radius 2 is 1.74 bits per heavy atom. The topological polar surface area (TPSA) is 93.2 Å². The lowest BCUT2D eigenvalue weighted by atomic mass is 9.92. The summed E-state index contributed by atoms with van der Waals surface area (Å²) >= 11 is 0. The number of rotatable bonds is 5. The molecule has 158 valence electrons. The number of nitrogens with one attached hydrogen (secondary N) is 2. The van der Waals surface area contributed by atoms with Gasteiger partial charge in [-0.25, -0.2) is 19.3 Å². The number of hydrogen-bond acceptors (Lipinski definition) is 6. The molecule has 0 atom stereocenters. The van der Waals surface area contributed by atoms with Gasteiger partial charge in [-0.1, -0.05) is 18.2 Å². The molecular weight excluding hydrogens is 393 g/mol. The average Bonchev–Trinajstić information content (AvgIpc) is 3.20. The van der Waals surface area contributed by atoms with Gasteiger partial charge in [0, 0.05) is 24.0 Å². The van der Waals surface area contributed by atoms with Crippen molar-refractivity contribution in [1.82, 2.24) is 19.4 Å². The van der Waals surface area contributed by atoms with Crippen molar-refractivity contribution in [2.75, 3.05) is 10.6 Å². The number of nitrogens with zero attached hydrogens (tertiary/aromatic N) is 4. The molecule has 1 aliphatic carbocycles. The Balaban J connectivity index is 1.45. The fourth-order valence-corrected chi connectivity index (χ4v) is 3.98. The zero-order valence-electron chi connectivity index (χ0n) is 17.0. The van der Waals surface area contributed by atoms with Gasteiger partial charge in [-0.2, -0.15) is 0 Å². The molecule has 4 N–H and O–H groups in total. The quantitative estimate of drug-likeness (QED) is 0.447. The minimum absolute atomic E-state index is 0.217. The molecule has 1 aliphatic rings. The second-order valence-corrected chi connectivity index (χ2v) is 7.93. The van der Waals surface area contributed by atoms with Crippen LogP contribution in [-0.4, -0.2) is 31.4 Å². The van der Waals surface area contributed by atoms with Crippen molar-refractivity contribution >= 4 is 23.0 Å². The first-order chi connectivity index (χ1) is 15.2. The van der Waals surface area contributed by atoms with Crippen LogP contribution in [0.5, 0.6) is 0 Å². The van der Waals surface area contributed by atoms with Gasteiger partial charge in [0.1, 0.15) is 11.3 Å². The maximum Gasteiger partial charge on any atom is 0.223 e. The summed E-state index contributed by atoms with van der Waals surface area (Å²) in [5.74, 6) is -0.0650. The lowest BCUT2D eigenvalue weighted by molar-refractivity contribution is 0.409. The van der Waals surface area contributed by atoms with Crippen LogP contribution < -0.4 is 16.4 Å². The van der Waals surface area contributed by atoms with Crippen molar-refractivity contribution in [3.05, 3.63) is 66.9 Å². The highest BCUT2D eigenvalue weighted by Crippen LogP contribution is 2.26. The Morgan fingerprint density at radius 3 is 2.55 bits per heavy atom. The summed E-state index contributed by atoms with van der Waals surface area (Å²) in [5.41, 5.74) is 9.32. The fourth-order valence-electron chi connectivity index (χ4n) is 3.98. The van der Waals surface area contributed by atoms with Crippen LogP contribution in [0, 0.1) is 5.82 Å². The molecule has 0 amide bonds. The third kappa shape index (κ3) is 4.20. The molecule has 3 aromatic heterocycles. The molecule has 8 heteroatoms. The van der Waals surface area contributed by atoms with E-state index in [1.165, 1.54) is 6.20 Å². The van der Waals surface area contributed by atoms with Crippen molar-refractivity contribution < 1.29 is 4.39 Å². The Morgan fingerprint density at radius 1 is 0.935 bits per heavy atom. The van der Waals surface area contributed by atoms with Crippen LogP contribution in [0.1, 0.15) is 25.7 Å². The highest BCUT2D eigenvalue weighted by molar-refractivity contribution is 5.66. The molecule has 0 bridgehead atoms. The van der Waals surface area contributed by atoms with Crippen molar-refractivity contribution in [2.45, 2.75) is 37.8 Å². The average molecular weight is 417 g/mol. The SMILES string of the molecule is NC1CCC(Nc2ncc(F)c(-c3cnc4ccc(Nc5ccccc5)cn34)n2)CC1. The van der Waals surface area contributed by atoms with Gasteiger partial charge in [-0.15, -0.1) is 0 Å². The highest BCUT2D eigenvalue weighted by atomic mass is 19.1. The van der Waals surface area contributed by atoms with Crippen molar-refractivity contribution in [3.8, 4) is 11.4 Å². The maximum absolute atomic E-state index is 14.7. The second kappa shape index (κ2) is 8.31. The van der Waals surface area contributed by atoms with Gasteiger partial charge in [0.2, 0.25) is 5.95 Å². The predicted octanol–water partition coefficient (Wildman–Crippen LogP) is 4.36. The van der Waals surface area contributed by atoms with Gasteiger partial charge in [0.05, 0.1) is 23.8 Å². The largest absolute Gasteiger partial charge is 0.354 e. The lowest BCUT2D eigenvalue weighted by Crippen LogP contribution is -2.33. The van der Waals surface area contributed by atoms with Crippen LogP contribution in [0.3, 0.4) is 0 Å². The monoisotopic (exact) mass is 417 g/mol. The number of nitrogens with two attached hydrogens (primary N) is 1. The first kappa shape index (κ1) is 19.4. The zero-order chi connectivity index (χ0) is 21.2. The van der Waals surface area contributed by atoms with E-state index in [9.17, 15) is 4.39 Å². The van der Waals surface area contributed by atoms with Crippen LogP contribution in [0.15, 0.2) is 61.1 Å². The minimum Gasteiger partial charge on any atom is -0.354 e. The Hall–Kier alpha value is -3.52. The van der Waals surface area contributed by atoms with Gasteiger partial charge in [-0.3, -0.25) is 4.40 Å². The summed E-state index contributed by atoms with van der Waals surface area (Å²) in [6.07, 6.45) is 8.60. The van der Waals surface area contributed by atoms with Crippen LogP contribution >= 0.6 is 0 Å². The summed E-state index contributed by atoms with van der Waals surface area (Å²) in [6.45, 7) is 0. The van der Waals surface area contributed by atoms with Gasteiger partial charge in [0.15, 0.2) is 5.82 Å². The predicted molar refractivity (Wildman–Crippen MR) is 120 cm³/mol. The normalized spacial score (nSPS) is 18.8. The number of aromatic nitrogens is 4. The maximum atomic E-state index is 14.7. The second-order valence-electron chi connectivity index (χ2n) is 7.93. The van der Waals surface area contributed by atoms with E-state index < -0.39 is 5.82 Å². The van der Waals surface area contributed by atoms with E-state index in [0.717, 1.165) is 37.1 Å². The molecule has 3 heterocycles. The number of para-hydroxylation sites is 1. The van der Waals surface area contributed by atoms with Crippen LogP contribution in [0.4, 0.5) is 21.7 Å². The van der Waals surface area contributed by atoms with E-state index in [4.69, 9.17) is 5.73 Å². The minimum atomic E-state index is -0.487. The molecule has 7 nitrogen and oxygen atoms in total. The van der Waals surface area contributed by atoms with E-state index >= 15 is 0 Å². The molecule has 1 aromatic carbocycles. The first-order valence-electron chi connectivity index (χ1n) is 10.5. The number of halogens is 1. The van der Waals surface area contributed by atoms with Gasteiger partial charge >= 0.3 is 0 Å². The van der Waals surface area contributed by atoms with E-state index in [1.807, 2.05) is 53.1 Å². The molecule has 4 aromatic rings. The molecule has 0 radical (unpaired) electrons. The highest BCUT2D eigenvalue weighted by Gasteiger charge is 2.20. The van der Waals surface area contributed by atoms with Crippen LogP contribution in [-0.2, 0) is 0 Å². The van der Waals surface area contributed by atoms with Crippen molar-refractivity contribution in [2.24, 2.45) is 5.73 Å². The Kier molecular flexibility index (Phi) is 5.21. The molecule has 0 aliphatic heterocycles. The number of hydrogen-bond donors (Lipinski definition) is 3. The van der Waals surface area contributed by atoms with Crippen LogP contribution in [0.2, 0.25) is 0 Å². The smallest absolute Gasteiger partial charge is 0.223 e. The molecular formula is C23H24FN7. The van der Waals surface area contributed by atoms with E-state index in [-0.39, 0.29) is 17.8 Å². The third-order valence-corrected chi connectivity index (χ3v) is 5.66. The third-order valence-electron chi connectivity index (χ3n) is 5.66. The summed E-state index contributed by atoms with van der Waals surface area (Å²) in [5, 5.41) is 6.69. The number of imidazole rings is 1. The molecule has 1 fully saturated rings. The molecule has 5 rings (SSSR count). The summed E-state index contributed by atoms with van der Waals surface area (Å²) in [7, 11) is 0. The number of pyridine rings is 1. The first-order valence-corrected chi connectivity index (χ1v) is 10.5. The van der Waals surface area contributed by atoms with E-state index in [1.54, 1.807) is 6.20 Å². The molecule has 0 saturated heterocycles. The summed E-state index contributed by atoms with van der Waals surface area (Å²) in [4.78, 5) is 13.0. The number of anilines is 3. The Labute approximate surface area is 179 Å². The fraction of sp³-hybridized carbons (Fsp3) is 0.261. The molecule has 0 unspecified atom stereocenters. The van der Waals surface area contributed by atoms with Gasteiger partial charge in [-0.05, 0) is 49.9 Å². The molecule has 1 saturated carbocycles. The van der Waals surface area contributed by atoms with Crippen molar-refractivity contribution in [3.63, 3.8) is 0 Å². The lowest BCUT2D eigenvalue weighted by Gasteiger charge is -2.26. The standard InChI is InChI=1S/C23H24FN7/c24-19-12-27-23(29-17-8-6-15(25)7-9-17)30-22(19)20-13-26-21-11-10-18(14-31(20)21)28-16-4-2-1-3-5-16/h1-5,10-15,17,28H,6-9,25H2,(H,27,29,30). The van der Waals surface area contributed by atoms with E-state index in [2.05, 4.69) is 25.6 Å². The number of benzene rings is 1. The molecule has 31 heavy (non-hydrogen) atoms. The van der Waals surface area contributed by atoms with Crippen LogP contribution in [0.25, 0.3) is 17.0 Å².